The Morgan fingerprint density at radius 3 is 2.80 bits per heavy atom. The standard InChI is InChI=1S/C15H19ClN2O2/c1-3-17-13(9-19)15(20)12-8-18(4-2)14-6-5-10(16)7-11(12)14/h5-8,13,17,19H,3-4,9H2,1-2H3. The number of nitrogens with zero attached hydrogens (tertiary/aromatic N) is 1. The number of aliphatic hydroxyl groups excluding tert-OH is 1. The highest BCUT2D eigenvalue weighted by Gasteiger charge is 2.22. The van der Waals surface area contributed by atoms with Crippen molar-refractivity contribution in [1.29, 1.82) is 0 Å². The summed E-state index contributed by atoms with van der Waals surface area (Å²) in [4.78, 5) is 12.5. The van der Waals surface area contributed by atoms with E-state index >= 15 is 0 Å². The van der Waals surface area contributed by atoms with Gasteiger partial charge in [-0.2, -0.15) is 0 Å². The van der Waals surface area contributed by atoms with Crippen molar-refractivity contribution < 1.29 is 9.90 Å². The average molecular weight is 295 g/mol. The SMILES string of the molecule is CCNC(CO)C(=O)c1cn(CC)c2ccc(Cl)cc12. The Hall–Kier alpha value is -1.36. The van der Waals surface area contributed by atoms with Crippen molar-refractivity contribution in [2.24, 2.45) is 0 Å². The van der Waals surface area contributed by atoms with Gasteiger partial charge in [0.1, 0.15) is 0 Å². The largest absolute Gasteiger partial charge is 0.394 e. The van der Waals surface area contributed by atoms with Gasteiger partial charge in [0.25, 0.3) is 0 Å². The van der Waals surface area contributed by atoms with E-state index in [2.05, 4.69) is 5.32 Å². The van der Waals surface area contributed by atoms with Crippen LogP contribution in [0.25, 0.3) is 10.9 Å². The first-order valence-electron chi connectivity index (χ1n) is 6.79. The van der Waals surface area contributed by atoms with Crippen molar-refractivity contribution in [3.63, 3.8) is 0 Å². The second kappa shape index (κ2) is 6.39. The number of fused-ring (bicyclic) bond motifs is 1. The Bertz CT molecular complexity index is 622. The van der Waals surface area contributed by atoms with Crippen molar-refractivity contribution in [2.45, 2.75) is 26.4 Å². The van der Waals surface area contributed by atoms with E-state index in [0.29, 0.717) is 17.1 Å². The first kappa shape index (κ1) is 15.0. The summed E-state index contributed by atoms with van der Waals surface area (Å²) >= 11 is 6.04. The lowest BCUT2D eigenvalue weighted by atomic mass is 10.0. The lowest BCUT2D eigenvalue weighted by Gasteiger charge is -2.13. The minimum absolute atomic E-state index is 0.103. The zero-order valence-corrected chi connectivity index (χ0v) is 12.4. The summed E-state index contributed by atoms with van der Waals surface area (Å²) in [5.41, 5.74) is 1.58. The van der Waals surface area contributed by atoms with Gasteiger partial charge in [-0.25, -0.2) is 0 Å². The van der Waals surface area contributed by atoms with Crippen LogP contribution in [0.1, 0.15) is 24.2 Å². The summed E-state index contributed by atoms with van der Waals surface area (Å²) < 4.78 is 2.01. The van der Waals surface area contributed by atoms with Gasteiger partial charge in [-0.05, 0) is 31.7 Å². The Labute approximate surface area is 123 Å². The molecule has 2 rings (SSSR count). The predicted molar refractivity (Wildman–Crippen MR) is 81.5 cm³/mol. The molecule has 20 heavy (non-hydrogen) atoms. The van der Waals surface area contributed by atoms with Crippen molar-refractivity contribution in [1.82, 2.24) is 9.88 Å². The third kappa shape index (κ3) is 2.73. The molecule has 1 aromatic heterocycles. The molecule has 0 aliphatic rings. The normalized spacial score (nSPS) is 12.8. The Morgan fingerprint density at radius 1 is 1.45 bits per heavy atom. The Morgan fingerprint density at radius 2 is 2.20 bits per heavy atom. The number of rotatable bonds is 6. The molecule has 0 aliphatic carbocycles. The number of hydrogen-bond acceptors (Lipinski definition) is 3. The highest BCUT2D eigenvalue weighted by molar-refractivity contribution is 6.31. The van der Waals surface area contributed by atoms with Gasteiger partial charge in [0.15, 0.2) is 5.78 Å². The number of aliphatic hydroxyl groups is 1. The number of likely N-dealkylation sites (N-methyl/N-ethyl adjacent to an activating group) is 1. The molecule has 0 spiro atoms. The van der Waals surface area contributed by atoms with Crippen LogP contribution in [-0.2, 0) is 6.54 Å². The molecule has 0 saturated heterocycles. The number of aromatic nitrogens is 1. The number of carbonyl (C=O) groups is 1. The van der Waals surface area contributed by atoms with Crippen LogP contribution in [-0.4, -0.2) is 34.7 Å². The van der Waals surface area contributed by atoms with E-state index < -0.39 is 6.04 Å². The molecule has 1 atom stereocenters. The maximum atomic E-state index is 12.5. The minimum atomic E-state index is -0.574. The van der Waals surface area contributed by atoms with Crippen molar-refractivity contribution in [2.75, 3.05) is 13.2 Å². The maximum Gasteiger partial charge on any atom is 0.184 e. The van der Waals surface area contributed by atoms with Gasteiger partial charge in [0.2, 0.25) is 0 Å². The molecule has 5 heteroatoms. The number of Topliss-reactive ketones (excluding diaryl/α,β-unsaturated/α-hetero) is 1. The number of nitrogens with one attached hydrogen (secondary N) is 1. The number of halogens is 1. The van der Waals surface area contributed by atoms with Crippen LogP contribution in [0.15, 0.2) is 24.4 Å². The predicted octanol–water partition coefficient (Wildman–Crippen LogP) is 2.47. The molecule has 1 unspecified atom stereocenters. The molecule has 1 heterocycles. The van der Waals surface area contributed by atoms with Crippen LogP contribution in [0.2, 0.25) is 5.02 Å². The van der Waals surface area contributed by atoms with Crippen LogP contribution in [0.5, 0.6) is 0 Å². The van der Waals surface area contributed by atoms with Gasteiger partial charge < -0.3 is 15.0 Å². The topological polar surface area (TPSA) is 54.3 Å². The summed E-state index contributed by atoms with van der Waals surface area (Å²) in [7, 11) is 0. The zero-order chi connectivity index (χ0) is 14.7. The van der Waals surface area contributed by atoms with Crippen molar-refractivity contribution in [3.8, 4) is 0 Å². The molecule has 0 radical (unpaired) electrons. The molecular weight excluding hydrogens is 276 g/mol. The van der Waals surface area contributed by atoms with Crippen LogP contribution >= 0.6 is 11.6 Å². The third-order valence-electron chi connectivity index (χ3n) is 3.40. The van der Waals surface area contributed by atoms with Crippen LogP contribution < -0.4 is 5.32 Å². The first-order chi connectivity index (χ1) is 9.62. The first-order valence-corrected chi connectivity index (χ1v) is 7.17. The molecular formula is C15H19ClN2O2. The third-order valence-corrected chi connectivity index (χ3v) is 3.63. The molecule has 0 saturated carbocycles. The lowest BCUT2D eigenvalue weighted by molar-refractivity contribution is 0.0901. The summed E-state index contributed by atoms with van der Waals surface area (Å²) in [6, 6.07) is 4.96. The smallest absolute Gasteiger partial charge is 0.184 e. The number of benzene rings is 1. The van der Waals surface area contributed by atoms with Crippen LogP contribution in [0.4, 0.5) is 0 Å². The molecule has 4 nitrogen and oxygen atoms in total. The molecule has 0 amide bonds. The van der Waals surface area contributed by atoms with Gasteiger partial charge >= 0.3 is 0 Å². The van der Waals surface area contributed by atoms with E-state index in [4.69, 9.17) is 11.6 Å². The molecule has 0 aliphatic heterocycles. The lowest BCUT2D eigenvalue weighted by Crippen LogP contribution is -2.39. The van der Waals surface area contributed by atoms with E-state index in [9.17, 15) is 9.90 Å². The average Bonchev–Trinajstić information content (AvgIpc) is 2.81. The minimum Gasteiger partial charge on any atom is -0.394 e. The fourth-order valence-electron chi connectivity index (χ4n) is 2.40. The van der Waals surface area contributed by atoms with E-state index in [1.807, 2.05) is 36.7 Å². The Kier molecular flexibility index (Phi) is 4.81. The van der Waals surface area contributed by atoms with E-state index in [1.165, 1.54) is 0 Å². The second-order valence-electron chi connectivity index (χ2n) is 4.65. The molecule has 2 N–H and O–H groups in total. The molecule has 1 aromatic carbocycles. The maximum absolute atomic E-state index is 12.5. The van der Waals surface area contributed by atoms with Crippen molar-refractivity contribution >= 4 is 28.3 Å². The fraction of sp³-hybridized carbons (Fsp3) is 0.400. The quantitative estimate of drug-likeness (QED) is 0.805. The molecule has 108 valence electrons. The van der Waals surface area contributed by atoms with Gasteiger partial charge in [0.05, 0.1) is 12.6 Å². The zero-order valence-electron chi connectivity index (χ0n) is 11.7. The number of aryl methyl sites for hydroxylation is 1. The second-order valence-corrected chi connectivity index (χ2v) is 5.08. The van der Waals surface area contributed by atoms with E-state index in [1.54, 1.807) is 6.07 Å². The van der Waals surface area contributed by atoms with Gasteiger partial charge in [-0.15, -0.1) is 0 Å². The molecule has 2 aromatic rings. The summed E-state index contributed by atoms with van der Waals surface area (Å²) in [5.74, 6) is -0.103. The summed E-state index contributed by atoms with van der Waals surface area (Å²) in [6.07, 6.45) is 1.84. The Balaban J connectivity index is 2.53. The van der Waals surface area contributed by atoms with Gasteiger partial charge in [0, 0.05) is 34.2 Å². The van der Waals surface area contributed by atoms with Gasteiger partial charge in [-0.1, -0.05) is 18.5 Å². The molecule has 0 fully saturated rings. The number of hydrogen-bond donors (Lipinski definition) is 2. The summed E-state index contributed by atoms with van der Waals surface area (Å²) in [6.45, 7) is 5.12. The summed E-state index contributed by atoms with van der Waals surface area (Å²) in [5, 5.41) is 13.8. The number of ketones is 1. The highest BCUT2D eigenvalue weighted by atomic mass is 35.5. The van der Waals surface area contributed by atoms with Crippen LogP contribution in [0, 0.1) is 0 Å². The van der Waals surface area contributed by atoms with Crippen molar-refractivity contribution in [3.05, 3.63) is 35.0 Å². The number of carbonyl (C=O) groups excluding carboxylic acids is 1. The van der Waals surface area contributed by atoms with Crippen LogP contribution in [0.3, 0.4) is 0 Å². The van der Waals surface area contributed by atoms with Gasteiger partial charge in [-0.3, -0.25) is 4.79 Å². The van der Waals surface area contributed by atoms with E-state index in [0.717, 1.165) is 17.4 Å². The monoisotopic (exact) mass is 294 g/mol. The fourth-order valence-corrected chi connectivity index (χ4v) is 2.57. The molecule has 0 bridgehead atoms. The van der Waals surface area contributed by atoms with E-state index in [-0.39, 0.29) is 12.4 Å². The highest BCUT2D eigenvalue weighted by Crippen LogP contribution is 2.26.